The number of halogens is 1. The zero-order chi connectivity index (χ0) is 21.0. The standard InChI is InChI=1S/C24H18FN5O/c25-19-8-4-7-18(13-19)22-14-23(29-24-26-16-27-30(22)24)28-20-9-11-21(12-10-20)31-15-17-5-2-1-3-6-17/h1-14,16H,15H2,(H,26,27,28,29). The van der Waals surface area contributed by atoms with Gasteiger partial charge >= 0.3 is 0 Å². The molecular weight excluding hydrogens is 393 g/mol. The lowest BCUT2D eigenvalue weighted by Gasteiger charge is -2.11. The van der Waals surface area contributed by atoms with Crippen molar-refractivity contribution in [1.82, 2.24) is 19.6 Å². The predicted octanol–water partition coefficient (Wildman–Crippen LogP) is 5.25. The van der Waals surface area contributed by atoms with Gasteiger partial charge in [0.15, 0.2) is 0 Å². The summed E-state index contributed by atoms with van der Waals surface area (Å²) in [5.41, 5.74) is 3.33. The van der Waals surface area contributed by atoms with Crippen molar-refractivity contribution in [1.29, 1.82) is 0 Å². The summed E-state index contributed by atoms with van der Waals surface area (Å²) < 4.78 is 21.2. The van der Waals surface area contributed by atoms with Crippen molar-refractivity contribution in [2.45, 2.75) is 6.61 Å². The SMILES string of the molecule is Fc1cccc(-c2cc(Nc3ccc(OCc4ccccc4)cc3)nc3ncnn23)c1. The molecule has 0 aliphatic rings. The van der Waals surface area contributed by atoms with Crippen molar-refractivity contribution in [3.8, 4) is 17.0 Å². The van der Waals surface area contributed by atoms with Crippen molar-refractivity contribution < 1.29 is 9.13 Å². The molecule has 0 saturated carbocycles. The smallest absolute Gasteiger partial charge is 0.254 e. The number of nitrogens with one attached hydrogen (secondary N) is 1. The maximum atomic E-state index is 13.7. The Morgan fingerprint density at radius 1 is 0.903 bits per heavy atom. The molecule has 3 aromatic carbocycles. The zero-order valence-electron chi connectivity index (χ0n) is 16.4. The van der Waals surface area contributed by atoms with E-state index in [1.807, 2.05) is 66.7 Å². The second kappa shape index (κ2) is 8.23. The molecule has 0 bridgehead atoms. The number of fused-ring (bicyclic) bond motifs is 1. The van der Waals surface area contributed by atoms with Gasteiger partial charge in [0.25, 0.3) is 5.78 Å². The summed E-state index contributed by atoms with van der Waals surface area (Å²) >= 11 is 0. The Morgan fingerprint density at radius 3 is 2.55 bits per heavy atom. The molecule has 6 nitrogen and oxygen atoms in total. The van der Waals surface area contributed by atoms with Gasteiger partial charge in [-0.25, -0.2) is 4.39 Å². The molecule has 152 valence electrons. The number of aromatic nitrogens is 4. The Labute approximate surface area is 178 Å². The van der Waals surface area contributed by atoms with E-state index in [2.05, 4.69) is 20.4 Å². The van der Waals surface area contributed by atoms with E-state index in [-0.39, 0.29) is 5.82 Å². The largest absolute Gasteiger partial charge is 0.489 e. The Balaban J connectivity index is 1.37. The highest BCUT2D eigenvalue weighted by molar-refractivity contribution is 5.68. The summed E-state index contributed by atoms with van der Waals surface area (Å²) in [5, 5.41) is 7.48. The van der Waals surface area contributed by atoms with Crippen LogP contribution in [-0.2, 0) is 6.61 Å². The van der Waals surface area contributed by atoms with E-state index in [0.717, 1.165) is 17.0 Å². The van der Waals surface area contributed by atoms with Gasteiger partial charge < -0.3 is 10.1 Å². The third-order valence-corrected chi connectivity index (χ3v) is 4.75. The molecular formula is C24H18FN5O. The van der Waals surface area contributed by atoms with Gasteiger partial charge in [-0.1, -0.05) is 42.5 Å². The molecule has 0 unspecified atom stereocenters. The van der Waals surface area contributed by atoms with Crippen LogP contribution in [0, 0.1) is 5.82 Å². The Kier molecular flexibility index (Phi) is 4.98. The van der Waals surface area contributed by atoms with E-state index in [9.17, 15) is 4.39 Å². The summed E-state index contributed by atoms with van der Waals surface area (Å²) in [5.74, 6) is 1.46. The topological polar surface area (TPSA) is 64.3 Å². The van der Waals surface area contributed by atoms with Gasteiger partial charge in [0.1, 0.15) is 30.3 Å². The second-order valence-corrected chi connectivity index (χ2v) is 6.93. The van der Waals surface area contributed by atoms with Gasteiger partial charge in [-0.3, -0.25) is 0 Å². The Hall–Kier alpha value is -4.26. The van der Waals surface area contributed by atoms with Crippen LogP contribution >= 0.6 is 0 Å². The first-order valence-electron chi connectivity index (χ1n) is 9.75. The number of benzene rings is 3. The molecule has 5 rings (SSSR count). The number of anilines is 2. The first kappa shape index (κ1) is 18.7. The molecule has 5 aromatic rings. The summed E-state index contributed by atoms with van der Waals surface area (Å²) in [4.78, 5) is 8.67. The summed E-state index contributed by atoms with van der Waals surface area (Å²) in [6, 6.07) is 25.8. The molecule has 0 aliphatic heterocycles. The molecule has 1 N–H and O–H groups in total. The van der Waals surface area contributed by atoms with Crippen LogP contribution in [0.4, 0.5) is 15.9 Å². The van der Waals surface area contributed by atoms with Crippen LogP contribution in [0.3, 0.4) is 0 Å². The van der Waals surface area contributed by atoms with E-state index in [0.29, 0.717) is 29.5 Å². The molecule has 2 aromatic heterocycles. The predicted molar refractivity (Wildman–Crippen MR) is 117 cm³/mol. The van der Waals surface area contributed by atoms with Crippen LogP contribution in [0.1, 0.15) is 5.56 Å². The van der Waals surface area contributed by atoms with Crippen LogP contribution in [0.5, 0.6) is 5.75 Å². The maximum Gasteiger partial charge on any atom is 0.254 e. The first-order chi connectivity index (χ1) is 15.2. The quantitative estimate of drug-likeness (QED) is 0.413. The number of hydrogen-bond acceptors (Lipinski definition) is 5. The van der Waals surface area contributed by atoms with Crippen molar-refractivity contribution in [3.05, 3.63) is 103 Å². The van der Waals surface area contributed by atoms with Gasteiger partial charge in [0.05, 0.1) is 5.69 Å². The van der Waals surface area contributed by atoms with Crippen LogP contribution < -0.4 is 10.1 Å². The van der Waals surface area contributed by atoms with Crippen LogP contribution in [0.15, 0.2) is 91.3 Å². The highest BCUT2D eigenvalue weighted by Gasteiger charge is 2.11. The lowest BCUT2D eigenvalue weighted by atomic mass is 10.1. The normalized spacial score (nSPS) is 10.9. The number of rotatable bonds is 6. The highest BCUT2D eigenvalue weighted by atomic mass is 19.1. The summed E-state index contributed by atoms with van der Waals surface area (Å²) in [6.45, 7) is 0.510. The third-order valence-electron chi connectivity index (χ3n) is 4.75. The maximum absolute atomic E-state index is 13.7. The summed E-state index contributed by atoms with van der Waals surface area (Å²) in [6.07, 6.45) is 1.42. The second-order valence-electron chi connectivity index (χ2n) is 6.93. The van der Waals surface area contributed by atoms with Crippen LogP contribution in [0.2, 0.25) is 0 Å². The minimum absolute atomic E-state index is 0.317. The Bertz CT molecular complexity index is 1320. The van der Waals surface area contributed by atoms with Crippen molar-refractivity contribution >= 4 is 17.3 Å². The van der Waals surface area contributed by atoms with E-state index in [1.165, 1.54) is 18.5 Å². The molecule has 0 saturated heterocycles. The first-order valence-corrected chi connectivity index (χ1v) is 9.75. The number of ether oxygens (including phenoxy) is 1. The summed E-state index contributed by atoms with van der Waals surface area (Å²) in [7, 11) is 0. The van der Waals surface area contributed by atoms with Gasteiger partial charge in [-0.05, 0) is 42.0 Å². The fraction of sp³-hybridized carbons (Fsp3) is 0.0417. The van der Waals surface area contributed by atoms with E-state index < -0.39 is 0 Å². The fourth-order valence-corrected chi connectivity index (χ4v) is 3.25. The molecule has 0 spiro atoms. The van der Waals surface area contributed by atoms with Crippen LogP contribution in [-0.4, -0.2) is 19.6 Å². The molecule has 0 fully saturated rings. The van der Waals surface area contributed by atoms with Gasteiger partial charge in [-0.2, -0.15) is 19.6 Å². The van der Waals surface area contributed by atoms with Gasteiger partial charge in [0.2, 0.25) is 0 Å². The van der Waals surface area contributed by atoms with Crippen LogP contribution in [0.25, 0.3) is 17.0 Å². The molecule has 0 aliphatic carbocycles. The molecule has 0 radical (unpaired) electrons. The van der Waals surface area contributed by atoms with Crippen molar-refractivity contribution in [2.75, 3.05) is 5.32 Å². The third kappa shape index (κ3) is 4.20. The van der Waals surface area contributed by atoms with Crippen molar-refractivity contribution in [2.24, 2.45) is 0 Å². The van der Waals surface area contributed by atoms with E-state index in [1.54, 1.807) is 10.6 Å². The Morgan fingerprint density at radius 2 is 1.74 bits per heavy atom. The van der Waals surface area contributed by atoms with Crippen molar-refractivity contribution in [3.63, 3.8) is 0 Å². The molecule has 2 heterocycles. The average Bonchev–Trinajstić information content (AvgIpc) is 3.27. The average molecular weight is 411 g/mol. The fourth-order valence-electron chi connectivity index (χ4n) is 3.25. The molecule has 0 atom stereocenters. The lowest BCUT2D eigenvalue weighted by molar-refractivity contribution is 0.306. The number of nitrogens with zero attached hydrogens (tertiary/aromatic N) is 4. The van der Waals surface area contributed by atoms with E-state index in [4.69, 9.17) is 4.74 Å². The number of hydrogen-bond donors (Lipinski definition) is 1. The molecule has 7 heteroatoms. The lowest BCUT2D eigenvalue weighted by Crippen LogP contribution is -2.01. The van der Waals surface area contributed by atoms with Gasteiger partial charge in [0, 0.05) is 17.3 Å². The monoisotopic (exact) mass is 411 g/mol. The highest BCUT2D eigenvalue weighted by Crippen LogP contribution is 2.25. The zero-order valence-corrected chi connectivity index (χ0v) is 16.4. The minimum atomic E-state index is -0.317. The van der Waals surface area contributed by atoms with Gasteiger partial charge in [-0.15, -0.1) is 0 Å². The van der Waals surface area contributed by atoms with E-state index >= 15 is 0 Å². The molecule has 31 heavy (non-hydrogen) atoms. The minimum Gasteiger partial charge on any atom is -0.489 e. The molecule has 0 amide bonds.